The molecule has 2 aromatic rings. The van der Waals surface area contributed by atoms with Gasteiger partial charge in [0.2, 0.25) is 0 Å². The minimum Gasteiger partial charge on any atom is -0.337 e. The number of fused-ring (bicyclic) bond motifs is 1. The van der Waals surface area contributed by atoms with Crippen molar-refractivity contribution in [2.75, 3.05) is 13.1 Å². The number of benzene rings is 2. The van der Waals surface area contributed by atoms with Crippen LogP contribution in [0.3, 0.4) is 0 Å². The van der Waals surface area contributed by atoms with Crippen molar-refractivity contribution < 1.29 is 4.79 Å². The van der Waals surface area contributed by atoms with E-state index in [1.54, 1.807) is 0 Å². The molecule has 0 spiro atoms. The van der Waals surface area contributed by atoms with E-state index in [4.69, 9.17) is 5.73 Å². The van der Waals surface area contributed by atoms with Crippen LogP contribution in [0.4, 0.5) is 0 Å². The van der Waals surface area contributed by atoms with Gasteiger partial charge in [0.05, 0.1) is 0 Å². The summed E-state index contributed by atoms with van der Waals surface area (Å²) in [7, 11) is 0. The first kappa shape index (κ1) is 14.8. The van der Waals surface area contributed by atoms with Crippen LogP contribution >= 0.6 is 12.4 Å². The highest BCUT2D eigenvalue weighted by Crippen LogP contribution is 2.18. The van der Waals surface area contributed by atoms with Crippen molar-refractivity contribution in [1.82, 2.24) is 4.90 Å². The number of amides is 1. The van der Waals surface area contributed by atoms with E-state index in [0.717, 1.165) is 35.7 Å². The fraction of sp³-hybridized carbons (Fsp3) is 0.312. The third-order valence-electron chi connectivity index (χ3n) is 3.74. The molecule has 0 bridgehead atoms. The van der Waals surface area contributed by atoms with E-state index in [2.05, 4.69) is 6.07 Å². The highest BCUT2D eigenvalue weighted by molar-refractivity contribution is 5.98. The Kier molecular flexibility index (Phi) is 4.63. The van der Waals surface area contributed by atoms with Crippen molar-refractivity contribution in [2.24, 2.45) is 5.73 Å². The number of piperidine rings is 1. The first-order valence-electron chi connectivity index (χ1n) is 6.78. The van der Waals surface area contributed by atoms with Crippen LogP contribution in [0.2, 0.25) is 0 Å². The Morgan fingerprint density at radius 1 is 1.15 bits per heavy atom. The molecular weight excluding hydrogens is 272 g/mol. The van der Waals surface area contributed by atoms with Gasteiger partial charge in [0, 0.05) is 24.7 Å². The van der Waals surface area contributed by atoms with Crippen LogP contribution in [0, 0.1) is 0 Å². The van der Waals surface area contributed by atoms with Gasteiger partial charge in [-0.1, -0.05) is 30.3 Å². The number of carbonyl (C=O) groups excluding carboxylic acids is 1. The van der Waals surface area contributed by atoms with E-state index in [1.165, 1.54) is 0 Å². The summed E-state index contributed by atoms with van der Waals surface area (Å²) in [4.78, 5) is 14.3. The van der Waals surface area contributed by atoms with Gasteiger partial charge in [-0.15, -0.1) is 12.4 Å². The second-order valence-electron chi connectivity index (χ2n) is 5.22. The van der Waals surface area contributed by atoms with E-state index in [9.17, 15) is 4.79 Å². The molecule has 0 unspecified atom stereocenters. The molecular formula is C16H19ClN2O. The zero-order valence-electron chi connectivity index (χ0n) is 11.3. The predicted octanol–water partition coefficient (Wildman–Crippen LogP) is 2.82. The number of halogens is 1. The molecule has 1 aliphatic rings. The molecule has 1 saturated heterocycles. The van der Waals surface area contributed by atoms with Gasteiger partial charge in [-0.2, -0.15) is 0 Å². The monoisotopic (exact) mass is 290 g/mol. The van der Waals surface area contributed by atoms with Crippen molar-refractivity contribution in [3.63, 3.8) is 0 Å². The molecule has 3 nitrogen and oxygen atoms in total. The summed E-state index contributed by atoms with van der Waals surface area (Å²) in [6.45, 7) is 1.49. The van der Waals surface area contributed by atoms with Gasteiger partial charge in [-0.05, 0) is 35.7 Å². The molecule has 3 rings (SSSR count). The summed E-state index contributed by atoms with van der Waals surface area (Å²) in [6, 6.07) is 14.1. The van der Waals surface area contributed by atoms with Gasteiger partial charge < -0.3 is 10.6 Å². The normalized spacial score (nSPS) is 18.6. The van der Waals surface area contributed by atoms with Gasteiger partial charge in [-0.25, -0.2) is 0 Å². The lowest BCUT2D eigenvalue weighted by molar-refractivity contribution is 0.0709. The second kappa shape index (κ2) is 6.25. The fourth-order valence-electron chi connectivity index (χ4n) is 2.70. The van der Waals surface area contributed by atoms with Crippen LogP contribution in [-0.4, -0.2) is 29.9 Å². The maximum absolute atomic E-state index is 12.5. The van der Waals surface area contributed by atoms with Crippen molar-refractivity contribution in [1.29, 1.82) is 0 Å². The lowest BCUT2D eigenvalue weighted by Crippen LogP contribution is -2.45. The Morgan fingerprint density at radius 3 is 2.65 bits per heavy atom. The largest absolute Gasteiger partial charge is 0.337 e. The smallest absolute Gasteiger partial charge is 0.253 e. The molecule has 0 aliphatic carbocycles. The van der Waals surface area contributed by atoms with Crippen LogP contribution in [0.15, 0.2) is 42.5 Å². The van der Waals surface area contributed by atoms with Crippen molar-refractivity contribution >= 4 is 29.1 Å². The fourth-order valence-corrected chi connectivity index (χ4v) is 2.70. The molecule has 1 atom stereocenters. The average molecular weight is 291 g/mol. The SMILES string of the molecule is Cl.N[C@@H]1CCCN(C(=O)c2ccc3ccccc3c2)C1. The van der Waals surface area contributed by atoms with Crippen LogP contribution in [0.1, 0.15) is 23.2 Å². The van der Waals surface area contributed by atoms with Gasteiger partial charge in [0.1, 0.15) is 0 Å². The van der Waals surface area contributed by atoms with Crippen LogP contribution in [-0.2, 0) is 0 Å². The van der Waals surface area contributed by atoms with Crippen molar-refractivity contribution in [3.05, 3.63) is 48.0 Å². The van der Waals surface area contributed by atoms with E-state index >= 15 is 0 Å². The lowest BCUT2D eigenvalue weighted by atomic mass is 10.0. The van der Waals surface area contributed by atoms with Gasteiger partial charge >= 0.3 is 0 Å². The number of hydrogen-bond donors (Lipinski definition) is 1. The summed E-state index contributed by atoms with van der Waals surface area (Å²) < 4.78 is 0. The Hall–Kier alpha value is -1.58. The van der Waals surface area contributed by atoms with Gasteiger partial charge in [-0.3, -0.25) is 4.79 Å². The molecule has 1 aliphatic heterocycles. The van der Waals surface area contributed by atoms with E-state index < -0.39 is 0 Å². The Labute approximate surface area is 125 Å². The summed E-state index contributed by atoms with van der Waals surface area (Å²) in [5, 5.41) is 2.27. The van der Waals surface area contributed by atoms with Crippen molar-refractivity contribution in [2.45, 2.75) is 18.9 Å². The first-order chi connectivity index (χ1) is 9.24. The second-order valence-corrected chi connectivity index (χ2v) is 5.22. The zero-order chi connectivity index (χ0) is 13.2. The molecule has 106 valence electrons. The molecule has 20 heavy (non-hydrogen) atoms. The molecule has 1 fully saturated rings. The number of nitrogens with zero attached hydrogens (tertiary/aromatic N) is 1. The van der Waals surface area contributed by atoms with Crippen LogP contribution in [0.5, 0.6) is 0 Å². The number of rotatable bonds is 1. The zero-order valence-corrected chi connectivity index (χ0v) is 12.1. The average Bonchev–Trinajstić information content (AvgIpc) is 2.46. The molecule has 0 aromatic heterocycles. The molecule has 4 heteroatoms. The van der Waals surface area contributed by atoms with Crippen molar-refractivity contribution in [3.8, 4) is 0 Å². The quantitative estimate of drug-likeness (QED) is 0.878. The van der Waals surface area contributed by atoms with E-state index in [0.29, 0.717) is 6.54 Å². The van der Waals surface area contributed by atoms with Gasteiger partial charge in [0.15, 0.2) is 0 Å². The Morgan fingerprint density at radius 2 is 1.90 bits per heavy atom. The lowest BCUT2D eigenvalue weighted by Gasteiger charge is -2.30. The number of likely N-dealkylation sites (tertiary alicyclic amines) is 1. The molecule has 2 N–H and O–H groups in total. The third kappa shape index (κ3) is 2.94. The summed E-state index contributed by atoms with van der Waals surface area (Å²) in [6.07, 6.45) is 2.02. The maximum atomic E-state index is 12.5. The predicted molar refractivity (Wildman–Crippen MR) is 84.3 cm³/mol. The molecule has 2 aromatic carbocycles. The first-order valence-corrected chi connectivity index (χ1v) is 6.78. The van der Waals surface area contributed by atoms with Crippen LogP contribution < -0.4 is 5.73 Å². The van der Waals surface area contributed by atoms with Crippen LogP contribution in [0.25, 0.3) is 10.8 Å². The summed E-state index contributed by atoms with van der Waals surface area (Å²) >= 11 is 0. The summed E-state index contributed by atoms with van der Waals surface area (Å²) in [5.74, 6) is 0.0981. The third-order valence-corrected chi connectivity index (χ3v) is 3.74. The van der Waals surface area contributed by atoms with E-state index in [1.807, 2.05) is 41.3 Å². The number of nitrogens with two attached hydrogens (primary N) is 1. The Balaban J connectivity index is 0.00000147. The highest BCUT2D eigenvalue weighted by atomic mass is 35.5. The maximum Gasteiger partial charge on any atom is 0.253 e. The highest BCUT2D eigenvalue weighted by Gasteiger charge is 2.22. The molecule has 1 heterocycles. The Bertz CT molecular complexity index is 614. The van der Waals surface area contributed by atoms with E-state index in [-0.39, 0.29) is 24.4 Å². The number of carbonyl (C=O) groups is 1. The topological polar surface area (TPSA) is 46.3 Å². The molecule has 1 amide bonds. The number of hydrogen-bond acceptors (Lipinski definition) is 2. The summed E-state index contributed by atoms with van der Waals surface area (Å²) in [5.41, 5.74) is 6.69. The van der Waals surface area contributed by atoms with Gasteiger partial charge in [0.25, 0.3) is 5.91 Å². The minimum atomic E-state index is 0. The standard InChI is InChI=1S/C16H18N2O.ClH/c17-15-6-3-9-18(11-15)16(19)14-8-7-12-4-1-2-5-13(12)10-14;/h1-2,4-5,7-8,10,15H,3,6,9,11,17H2;1H/t15-;/m1./s1. The molecule has 0 radical (unpaired) electrons. The minimum absolute atomic E-state index is 0. The molecule has 0 saturated carbocycles.